The number of ketones is 1. The van der Waals surface area contributed by atoms with E-state index < -0.39 is 22.6 Å². The molecule has 0 saturated carbocycles. The zero-order valence-corrected chi connectivity index (χ0v) is 18.3. The van der Waals surface area contributed by atoms with Crippen molar-refractivity contribution in [1.29, 1.82) is 0 Å². The number of quaternary nitrogens is 1. The summed E-state index contributed by atoms with van der Waals surface area (Å²) in [5.41, 5.74) is 5.98. The summed E-state index contributed by atoms with van der Waals surface area (Å²) in [4.78, 5) is 51.7. The van der Waals surface area contributed by atoms with Gasteiger partial charge < -0.3 is 16.2 Å². The van der Waals surface area contributed by atoms with E-state index in [4.69, 9.17) is 5.73 Å². The number of unbranched alkanes of at least 4 members (excludes halogenated alkanes) is 1. The van der Waals surface area contributed by atoms with Crippen molar-refractivity contribution in [1.82, 2.24) is 10.2 Å². The number of nitrogens with one attached hydrogen (secondary N) is 1. The molecule has 1 fully saturated rings. The van der Waals surface area contributed by atoms with E-state index in [9.17, 15) is 24.3 Å². The molecule has 31 heavy (non-hydrogen) atoms. The Hall–Kier alpha value is -2.78. The fourth-order valence-electron chi connectivity index (χ4n) is 4.08. The number of benzene rings is 1. The highest BCUT2D eigenvalue weighted by molar-refractivity contribution is 5.98. The topological polar surface area (TPSA) is 130 Å². The molecule has 0 aliphatic carbocycles. The molecule has 2 unspecified atom stereocenters. The van der Waals surface area contributed by atoms with E-state index in [0.717, 1.165) is 0 Å². The smallest absolute Gasteiger partial charge is 0.435 e. The Morgan fingerprint density at radius 3 is 2.45 bits per heavy atom. The lowest BCUT2D eigenvalue weighted by Crippen LogP contribution is -2.63. The Bertz CT molecular complexity index is 800. The van der Waals surface area contributed by atoms with Crippen molar-refractivity contribution >= 4 is 23.8 Å². The molecule has 0 aromatic heterocycles. The number of likely N-dealkylation sites (tertiary alicyclic amines) is 1. The minimum Gasteiger partial charge on any atom is -0.435 e. The Labute approximate surface area is 182 Å². The highest BCUT2D eigenvalue weighted by Gasteiger charge is 2.54. The minimum atomic E-state index is -1.20. The number of likely N-dealkylation sites (N-methyl/N-ethyl adjacent to an activating group) is 1. The fourth-order valence-corrected chi connectivity index (χ4v) is 4.08. The predicted octanol–water partition coefficient (Wildman–Crippen LogP) is 2.21. The quantitative estimate of drug-likeness (QED) is 0.404. The number of amides is 4. The van der Waals surface area contributed by atoms with Crippen molar-refractivity contribution in [3.8, 4) is 0 Å². The molecule has 4 N–H and O–H groups in total. The molecule has 170 valence electrons. The molecule has 9 nitrogen and oxygen atoms in total. The van der Waals surface area contributed by atoms with Gasteiger partial charge in [-0.2, -0.15) is 4.79 Å². The second-order valence-corrected chi connectivity index (χ2v) is 8.15. The first-order chi connectivity index (χ1) is 14.7. The van der Waals surface area contributed by atoms with Gasteiger partial charge in [-0.1, -0.05) is 18.2 Å². The van der Waals surface area contributed by atoms with Gasteiger partial charge in [0.2, 0.25) is 0 Å². The maximum absolute atomic E-state index is 13.0. The Morgan fingerprint density at radius 2 is 1.90 bits per heavy atom. The zero-order valence-electron chi connectivity index (χ0n) is 18.3. The number of carbonyl (C=O) groups is 4. The highest BCUT2D eigenvalue weighted by Crippen LogP contribution is 2.29. The summed E-state index contributed by atoms with van der Waals surface area (Å²) >= 11 is 0. The van der Waals surface area contributed by atoms with Gasteiger partial charge in [-0.15, -0.1) is 4.48 Å². The molecule has 4 amide bonds. The van der Waals surface area contributed by atoms with Gasteiger partial charge in [-0.25, -0.2) is 4.79 Å². The number of nitrogens with two attached hydrogens (primary N) is 1. The van der Waals surface area contributed by atoms with Crippen LogP contribution in [0.2, 0.25) is 0 Å². The number of Topliss-reactive ketones (excluding diaryl/α,β-unsaturated/α-hetero) is 1. The number of carboxylic acid groups (broad SMARTS) is 1. The summed E-state index contributed by atoms with van der Waals surface area (Å²) in [7, 11) is 1.43. The third-order valence-electron chi connectivity index (χ3n) is 5.96. The van der Waals surface area contributed by atoms with E-state index in [2.05, 4.69) is 5.32 Å². The molecule has 1 aliphatic heterocycles. The largest absolute Gasteiger partial charge is 0.523 e. The van der Waals surface area contributed by atoms with Gasteiger partial charge >= 0.3 is 12.1 Å². The highest BCUT2D eigenvalue weighted by atomic mass is 16.4. The second kappa shape index (κ2) is 11.0. The van der Waals surface area contributed by atoms with Crippen LogP contribution in [0.4, 0.5) is 9.59 Å². The van der Waals surface area contributed by atoms with E-state index >= 15 is 0 Å². The van der Waals surface area contributed by atoms with Crippen LogP contribution < -0.4 is 11.1 Å². The molecule has 0 radical (unpaired) electrons. The van der Waals surface area contributed by atoms with Crippen molar-refractivity contribution < 1.29 is 28.8 Å². The molecular formula is C22H33N4O5+. The lowest BCUT2D eigenvalue weighted by atomic mass is 10.0. The van der Waals surface area contributed by atoms with Crippen LogP contribution in [0.1, 0.15) is 49.4 Å². The van der Waals surface area contributed by atoms with Crippen LogP contribution in [0.5, 0.6) is 0 Å². The molecule has 9 heteroatoms. The molecule has 0 bridgehead atoms. The monoisotopic (exact) mass is 433 g/mol. The molecule has 1 heterocycles. The summed E-state index contributed by atoms with van der Waals surface area (Å²) < 4.78 is -0.696. The molecule has 0 spiro atoms. The van der Waals surface area contributed by atoms with Crippen molar-refractivity contribution in [2.45, 2.75) is 51.1 Å². The van der Waals surface area contributed by atoms with Gasteiger partial charge in [-0.3, -0.25) is 14.5 Å². The lowest BCUT2D eigenvalue weighted by molar-refractivity contribution is -0.790. The van der Waals surface area contributed by atoms with Crippen molar-refractivity contribution in [3.63, 3.8) is 0 Å². The number of hydrogen-bond acceptors (Lipinski definition) is 5. The van der Waals surface area contributed by atoms with Gasteiger partial charge in [0.05, 0.1) is 19.1 Å². The molecule has 3 atom stereocenters. The van der Waals surface area contributed by atoms with E-state index in [0.29, 0.717) is 44.2 Å². The van der Waals surface area contributed by atoms with E-state index in [-0.39, 0.29) is 30.8 Å². The zero-order chi connectivity index (χ0) is 23.0. The maximum Gasteiger partial charge on any atom is 0.523 e. The van der Waals surface area contributed by atoms with Crippen LogP contribution >= 0.6 is 0 Å². The molecule has 1 saturated heterocycles. The first-order valence-corrected chi connectivity index (χ1v) is 10.7. The van der Waals surface area contributed by atoms with Gasteiger partial charge in [0.1, 0.15) is 6.04 Å². The van der Waals surface area contributed by atoms with Crippen molar-refractivity contribution in [2.24, 2.45) is 5.73 Å². The number of hydrogen-bond donors (Lipinski definition) is 3. The summed E-state index contributed by atoms with van der Waals surface area (Å²) in [6, 6.07) is 6.81. The average Bonchev–Trinajstić information content (AvgIpc) is 3.15. The number of urea groups is 1. The van der Waals surface area contributed by atoms with Crippen molar-refractivity contribution in [3.05, 3.63) is 35.9 Å². The Kier molecular flexibility index (Phi) is 8.70. The first kappa shape index (κ1) is 24.5. The summed E-state index contributed by atoms with van der Waals surface area (Å²) in [6.07, 6.45) is 1.81. The summed E-state index contributed by atoms with van der Waals surface area (Å²) in [5.74, 6) is -0.713. The van der Waals surface area contributed by atoms with Crippen LogP contribution in [0, 0.1) is 0 Å². The second-order valence-electron chi connectivity index (χ2n) is 8.15. The van der Waals surface area contributed by atoms with E-state index in [1.807, 2.05) is 0 Å². The lowest BCUT2D eigenvalue weighted by Gasteiger charge is -2.33. The molecule has 2 rings (SSSR count). The SMILES string of the molecule is C[C@@H]1CCC[N+]1(C(=O)O)C(=O)N(C)CC(=O)C(CCCCN)NC(=O)c1ccccc1. The average molecular weight is 434 g/mol. The number of nitrogens with zero attached hydrogens (tertiary/aromatic N) is 2. The van der Waals surface area contributed by atoms with Gasteiger partial charge in [0, 0.05) is 25.5 Å². The summed E-state index contributed by atoms with van der Waals surface area (Å²) in [6.45, 7) is 2.15. The van der Waals surface area contributed by atoms with Crippen molar-refractivity contribution in [2.75, 3.05) is 26.7 Å². The van der Waals surface area contributed by atoms with E-state index in [1.54, 1.807) is 37.3 Å². The standard InChI is InChI=1S/C22H32N4O5/c1-16-9-8-14-26(16,22(30)31)21(29)25(2)15-19(27)18(12-6-7-13-23)24-20(28)17-10-4-3-5-11-17/h3-5,10-11,16,18H,6-9,12-15,23H2,1-2H3,(H-,24,28,30,31)/p+1/t16-,18?,26?/m1/s1. The Balaban J connectivity index is 2.11. The third kappa shape index (κ3) is 5.68. The van der Waals surface area contributed by atoms with Crippen LogP contribution in [-0.2, 0) is 4.79 Å². The van der Waals surface area contributed by atoms with Gasteiger partial charge in [-0.05, 0) is 44.9 Å². The van der Waals surface area contributed by atoms with Gasteiger partial charge in [0.25, 0.3) is 5.91 Å². The number of imide groups is 1. The molecule has 1 aromatic carbocycles. The maximum atomic E-state index is 13.0. The van der Waals surface area contributed by atoms with Crippen LogP contribution in [0.25, 0.3) is 0 Å². The number of carbonyl (C=O) groups excluding carboxylic acids is 3. The molecule has 1 aromatic rings. The summed E-state index contributed by atoms with van der Waals surface area (Å²) in [5, 5.41) is 12.5. The van der Waals surface area contributed by atoms with Gasteiger partial charge in [0.15, 0.2) is 5.78 Å². The van der Waals surface area contributed by atoms with Crippen LogP contribution in [-0.4, -0.2) is 77.1 Å². The Morgan fingerprint density at radius 1 is 1.23 bits per heavy atom. The fraction of sp³-hybridized carbons (Fsp3) is 0.545. The number of rotatable bonds is 9. The third-order valence-corrected chi connectivity index (χ3v) is 5.96. The van der Waals surface area contributed by atoms with E-state index in [1.165, 1.54) is 11.9 Å². The molecular weight excluding hydrogens is 400 g/mol. The van der Waals surface area contributed by atoms with Crippen LogP contribution in [0.15, 0.2) is 30.3 Å². The van der Waals surface area contributed by atoms with Crippen LogP contribution in [0.3, 0.4) is 0 Å². The first-order valence-electron chi connectivity index (χ1n) is 10.7. The minimum absolute atomic E-state index is 0.207. The molecule has 1 aliphatic rings. The predicted molar refractivity (Wildman–Crippen MR) is 115 cm³/mol. The normalized spacial score (nSPS) is 21.3.